The van der Waals surface area contributed by atoms with Crippen LogP contribution >= 0.6 is 0 Å². The second-order valence-electron chi connectivity index (χ2n) is 8.60. The van der Waals surface area contributed by atoms with E-state index in [2.05, 4.69) is 25.8 Å². The average molecular weight is 470 g/mol. The number of aromatic nitrogens is 2. The summed E-state index contributed by atoms with van der Waals surface area (Å²) >= 11 is 0. The second kappa shape index (κ2) is 9.13. The van der Waals surface area contributed by atoms with E-state index in [4.69, 9.17) is 0 Å². The molecule has 4 aromatic rings. The molecule has 0 unspecified atom stereocenters. The zero-order valence-electron chi connectivity index (χ0n) is 19.4. The minimum absolute atomic E-state index is 0.230. The number of aromatic amines is 1. The van der Waals surface area contributed by atoms with E-state index in [1.54, 1.807) is 12.1 Å². The maximum atomic E-state index is 14.9. The van der Waals surface area contributed by atoms with Crippen LogP contribution in [-0.2, 0) is 12.8 Å². The van der Waals surface area contributed by atoms with Crippen molar-refractivity contribution in [3.05, 3.63) is 93.2 Å². The molecule has 7 nitrogen and oxygen atoms in total. The number of urea groups is 1. The minimum Gasteiger partial charge on any atom is -0.338 e. The van der Waals surface area contributed by atoms with Gasteiger partial charge in [0, 0.05) is 30.3 Å². The molecule has 8 heteroatoms. The van der Waals surface area contributed by atoms with Crippen LogP contribution in [0.3, 0.4) is 0 Å². The number of nitrogens with one attached hydrogen (secondary N) is 3. The number of fused-ring (bicyclic) bond motifs is 2. The lowest BCUT2D eigenvalue weighted by Crippen LogP contribution is -2.39. The molecule has 35 heavy (non-hydrogen) atoms. The summed E-state index contributed by atoms with van der Waals surface area (Å²) in [7, 11) is 0. The highest BCUT2D eigenvalue weighted by molar-refractivity contribution is 6.02. The van der Waals surface area contributed by atoms with Crippen LogP contribution < -0.4 is 16.2 Å². The smallest absolute Gasteiger partial charge is 0.320 e. The number of amidine groups is 1. The van der Waals surface area contributed by atoms with Crippen molar-refractivity contribution < 1.29 is 9.18 Å². The van der Waals surface area contributed by atoms with Gasteiger partial charge >= 0.3 is 6.03 Å². The van der Waals surface area contributed by atoms with E-state index in [9.17, 15) is 14.0 Å². The number of H-pyrrole nitrogens is 1. The van der Waals surface area contributed by atoms with Gasteiger partial charge in [0.1, 0.15) is 11.7 Å². The highest BCUT2D eigenvalue weighted by atomic mass is 19.1. The van der Waals surface area contributed by atoms with Gasteiger partial charge in [0.15, 0.2) is 0 Å². The fourth-order valence-electron chi connectivity index (χ4n) is 4.33. The third-order valence-corrected chi connectivity index (χ3v) is 6.03. The Morgan fingerprint density at radius 1 is 1.09 bits per heavy atom. The number of hydrogen-bond donors (Lipinski definition) is 3. The normalized spacial score (nSPS) is 12.4. The van der Waals surface area contributed by atoms with Crippen molar-refractivity contribution in [3.8, 4) is 11.1 Å². The zero-order valence-corrected chi connectivity index (χ0v) is 19.4. The van der Waals surface area contributed by atoms with Gasteiger partial charge in [-0.1, -0.05) is 35.9 Å². The van der Waals surface area contributed by atoms with Crippen molar-refractivity contribution in [3.63, 3.8) is 0 Å². The Bertz CT molecular complexity index is 1560. The van der Waals surface area contributed by atoms with Gasteiger partial charge in [-0.05, 0) is 54.8 Å². The lowest BCUT2D eigenvalue weighted by Gasteiger charge is -2.10. The summed E-state index contributed by atoms with van der Waals surface area (Å²) in [6.45, 7) is 4.30. The van der Waals surface area contributed by atoms with Gasteiger partial charge in [-0.2, -0.15) is 5.10 Å². The van der Waals surface area contributed by atoms with Gasteiger partial charge in [0.2, 0.25) is 0 Å². The summed E-state index contributed by atoms with van der Waals surface area (Å²) in [5.74, 6) is 0.217. The predicted molar refractivity (Wildman–Crippen MR) is 135 cm³/mol. The SMILES string of the molecule is CCNC(=O)NC1=Nc2cc(-c3cc(Cc4n[nH]c(=O)c5cc(C)ccc45)ccc3F)ccc2C1. The molecule has 0 saturated carbocycles. The summed E-state index contributed by atoms with van der Waals surface area (Å²) in [5, 5.41) is 13.6. The molecule has 0 saturated heterocycles. The van der Waals surface area contributed by atoms with Crippen LogP contribution in [0.4, 0.5) is 14.9 Å². The quantitative estimate of drug-likeness (QED) is 0.409. The molecule has 3 N–H and O–H groups in total. The van der Waals surface area contributed by atoms with Crippen molar-refractivity contribution in [2.24, 2.45) is 4.99 Å². The number of rotatable bonds is 4. The molecule has 1 aliphatic heterocycles. The monoisotopic (exact) mass is 469 g/mol. The third kappa shape index (κ3) is 4.55. The van der Waals surface area contributed by atoms with E-state index in [0.717, 1.165) is 27.8 Å². The Morgan fingerprint density at radius 2 is 1.94 bits per heavy atom. The first-order valence-corrected chi connectivity index (χ1v) is 11.4. The molecule has 1 aliphatic rings. The van der Waals surface area contributed by atoms with Crippen molar-refractivity contribution in [2.45, 2.75) is 26.7 Å². The first-order chi connectivity index (χ1) is 16.9. The Hall–Kier alpha value is -4.33. The molecule has 0 bridgehead atoms. The molecule has 2 heterocycles. The molecule has 0 atom stereocenters. The molecule has 1 aromatic heterocycles. The number of nitrogens with zero attached hydrogens (tertiary/aromatic N) is 2. The van der Waals surface area contributed by atoms with Gasteiger partial charge in [0.25, 0.3) is 5.56 Å². The summed E-state index contributed by atoms with van der Waals surface area (Å²) < 4.78 is 14.9. The molecule has 0 aliphatic carbocycles. The van der Waals surface area contributed by atoms with E-state index >= 15 is 0 Å². The van der Waals surface area contributed by atoms with E-state index in [0.29, 0.717) is 47.4 Å². The first kappa shape index (κ1) is 22.5. The molecule has 5 rings (SSSR count). The van der Waals surface area contributed by atoms with Crippen LogP contribution in [0.25, 0.3) is 21.9 Å². The lowest BCUT2D eigenvalue weighted by molar-refractivity contribution is 0.245. The number of aliphatic imine (C=N–C) groups is 1. The number of hydrogen-bond acceptors (Lipinski definition) is 4. The predicted octanol–water partition coefficient (Wildman–Crippen LogP) is 4.53. The van der Waals surface area contributed by atoms with Crippen molar-refractivity contribution in [1.82, 2.24) is 20.8 Å². The maximum absolute atomic E-state index is 14.9. The fraction of sp³-hybridized carbons (Fsp3) is 0.185. The Balaban J connectivity index is 1.45. The van der Waals surface area contributed by atoms with Crippen LogP contribution in [0.5, 0.6) is 0 Å². The molecule has 3 aromatic carbocycles. The van der Waals surface area contributed by atoms with Gasteiger partial charge in [-0.3, -0.25) is 10.1 Å². The standard InChI is InChI=1S/C27H24FN5O2/c1-3-29-27(35)31-25-14-18-7-6-17(13-23(18)30-25)20-11-16(5-9-22(20)28)12-24-19-8-4-15(2)10-21(19)26(34)33-32-24/h4-11,13H,3,12,14H2,1-2H3,(H,33,34)(H2,29,30,31,35). The van der Waals surface area contributed by atoms with Crippen LogP contribution in [0.2, 0.25) is 0 Å². The molecule has 0 radical (unpaired) electrons. The highest BCUT2D eigenvalue weighted by Crippen LogP contribution is 2.33. The summed E-state index contributed by atoms with van der Waals surface area (Å²) in [4.78, 5) is 28.5. The average Bonchev–Trinajstić information content (AvgIpc) is 3.23. The second-order valence-corrected chi connectivity index (χ2v) is 8.60. The van der Waals surface area contributed by atoms with Crippen LogP contribution in [0.15, 0.2) is 64.4 Å². The van der Waals surface area contributed by atoms with Crippen molar-refractivity contribution >= 4 is 28.3 Å². The van der Waals surface area contributed by atoms with E-state index in [1.165, 1.54) is 6.07 Å². The van der Waals surface area contributed by atoms with Gasteiger partial charge in [-0.15, -0.1) is 0 Å². The van der Waals surface area contributed by atoms with Gasteiger partial charge in [0.05, 0.1) is 16.8 Å². The lowest BCUT2D eigenvalue weighted by atomic mass is 9.97. The number of carbonyl (C=O) groups is 1. The largest absolute Gasteiger partial charge is 0.338 e. The number of carbonyl (C=O) groups excluding carboxylic acids is 1. The zero-order chi connectivity index (χ0) is 24.5. The molecule has 176 valence electrons. The number of aryl methyl sites for hydroxylation is 1. The van der Waals surface area contributed by atoms with Crippen LogP contribution in [0, 0.1) is 12.7 Å². The van der Waals surface area contributed by atoms with Crippen molar-refractivity contribution in [2.75, 3.05) is 6.54 Å². The number of benzene rings is 3. The summed E-state index contributed by atoms with van der Waals surface area (Å²) in [6, 6.07) is 16.0. The number of amides is 2. The Kier molecular flexibility index (Phi) is 5.86. The Labute approximate surface area is 201 Å². The molecule has 0 spiro atoms. The van der Waals surface area contributed by atoms with Crippen LogP contribution in [0.1, 0.15) is 29.3 Å². The first-order valence-electron chi connectivity index (χ1n) is 11.4. The molecular formula is C27H24FN5O2. The maximum Gasteiger partial charge on any atom is 0.320 e. The topological polar surface area (TPSA) is 99.2 Å². The van der Waals surface area contributed by atoms with E-state index in [-0.39, 0.29) is 17.4 Å². The van der Waals surface area contributed by atoms with E-state index in [1.807, 2.05) is 50.2 Å². The molecule has 2 amide bonds. The summed E-state index contributed by atoms with van der Waals surface area (Å²) in [5.41, 5.74) is 5.18. The Morgan fingerprint density at radius 3 is 2.77 bits per heavy atom. The number of halogens is 1. The third-order valence-electron chi connectivity index (χ3n) is 6.03. The summed E-state index contributed by atoms with van der Waals surface area (Å²) in [6.07, 6.45) is 0.951. The fourth-order valence-corrected chi connectivity index (χ4v) is 4.33. The van der Waals surface area contributed by atoms with E-state index < -0.39 is 0 Å². The molecule has 0 fully saturated rings. The molecular weight excluding hydrogens is 445 g/mol. The van der Waals surface area contributed by atoms with Gasteiger partial charge < -0.3 is 5.32 Å². The minimum atomic E-state index is -0.341. The highest BCUT2D eigenvalue weighted by Gasteiger charge is 2.18. The van der Waals surface area contributed by atoms with Crippen LogP contribution in [-0.4, -0.2) is 28.6 Å². The van der Waals surface area contributed by atoms with Crippen molar-refractivity contribution in [1.29, 1.82) is 0 Å². The van der Waals surface area contributed by atoms with Gasteiger partial charge in [-0.25, -0.2) is 19.3 Å².